The number of rotatable bonds is 5. The van der Waals surface area contributed by atoms with Crippen molar-refractivity contribution in [2.45, 2.75) is 0 Å². The van der Waals surface area contributed by atoms with E-state index in [-0.39, 0.29) is 11.3 Å². The average Bonchev–Trinajstić information content (AvgIpc) is 2.79. The van der Waals surface area contributed by atoms with Crippen LogP contribution in [0, 0.1) is 10.1 Å². The molecule has 1 heterocycles. The minimum absolute atomic E-state index is 0.0669. The molecule has 8 nitrogen and oxygen atoms in total. The zero-order valence-electron chi connectivity index (χ0n) is 16.1. The van der Waals surface area contributed by atoms with Crippen molar-refractivity contribution in [2.24, 2.45) is 0 Å². The third-order valence-corrected chi connectivity index (χ3v) is 4.57. The minimum atomic E-state index is -0.638. The van der Waals surface area contributed by atoms with E-state index in [0.29, 0.717) is 17.1 Å². The Morgan fingerprint density at radius 3 is 2.42 bits per heavy atom. The van der Waals surface area contributed by atoms with Crippen molar-refractivity contribution in [1.82, 2.24) is 4.98 Å². The lowest BCUT2D eigenvalue weighted by Crippen LogP contribution is -2.16. The summed E-state index contributed by atoms with van der Waals surface area (Å²) in [5.41, 5.74) is 1.03. The second kappa shape index (κ2) is 8.42. The number of para-hydroxylation sites is 2. The van der Waals surface area contributed by atoms with E-state index < -0.39 is 16.7 Å². The molecule has 0 radical (unpaired) electrons. The summed E-state index contributed by atoms with van der Waals surface area (Å²) in [7, 11) is 0. The second-order valence-electron chi connectivity index (χ2n) is 6.65. The Hall–Kier alpha value is -4.59. The quantitative estimate of drug-likeness (QED) is 0.366. The molecule has 0 unspecified atom stereocenters. The Balaban J connectivity index is 1.52. The van der Waals surface area contributed by atoms with Gasteiger partial charge < -0.3 is 10.6 Å². The topological polar surface area (TPSA) is 114 Å². The zero-order chi connectivity index (χ0) is 21.8. The van der Waals surface area contributed by atoms with Gasteiger partial charge in [-0.25, -0.2) is 4.98 Å². The van der Waals surface area contributed by atoms with Gasteiger partial charge in [-0.05, 0) is 42.5 Å². The first-order chi connectivity index (χ1) is 15.0. The van der Waals surface area contributed by atoms with Gasteiger partial charge in [0.1, 0.15) is 11.4 Å². The second-order valence-corrected chi connectivity index (χ2v) is 6.65. The van der Waals surface area contributed by atoms with Crippen LogP contribution in [0.1, 0.15) is 20.7 Å². The number of fused-ring (bicyclic) bond motifs is 1. The van der Waals surface area contributed by atoms with Gasteiger partial charge in [-0.1, -0.05) is 36.4 Å². The summed E-state index contributed by atoms with van der Waals surface area (Å²) >= 11 is 0. The fraction of sp³-hybridized carbons (Fsp3) is 0. The first-order valence-electron chi connectivity index (χ1n) is 9.33. The van der Waals surface area contributed by atoms with Crippen LogP contribution in [0.5, 0.6) is 0 Å². The highest BCUT2D eigenvalue weighted by molar-refractivity contribution is 6.08. The molecule has 152 valence electrons. The molecule has 0 aliphatic rings. The van der Waals surface area contributed by atoms with Crippen LogP contribution in [0.2, 0.25) is 0 Å². The lowest BCUT2D eigenvalue weighted by Gasteiger charge is -2.09. The van der Waals surface area contributed by atoms with Crippen LogP contribution < -0.4 is 10.6 Å². The van der Waals surface area contributed by atoms with Gasteiger partial charge in [-0.3, -0.25) is 19.7 Å². The molecular weight excluding hydrogens is 396 g/mol. The molecule has 0 aliphatic heterocycles. The third kappa shape index (κ3) is 4.38. The Bertz CT molecular complexity index is 1320. The smallest absolute Gasteiger partial charge is 0.282 e. The van der Waals surface area contributed by atoms with E-state index in [0.717, 1.165) is 10.9 Å². The summed E-state index contributed by atoms with van der Waals surface area (Å²) in [4.78, 5) is 40.1. The van der Waals surface area contributed by atoms with Crippen LogP contribution in [0.15, 0.2) is 84.9 Å². The van der Waals surface area contributed by atoms with Crippen LogP contribution >= 0.6 is 0 Å². The monoisotopic (exact) mass is 412 g/mol. The van der Waals surface area contributed by atoms with Gasteiger partial charge in [-0.15, -0.1) is 0 Å². The molecule has 0 fully saturated rings. The number of aromatic nitrogens is 1. The molecule has 0 aliphatic carbocycles. The number of pyridine rings is 1. The normalized spacial score (nSPS) is 10.5. The zero-order valence-corrected chi connectivity index (χ0v) is 16.1. The van der Waals surface area contributed by atoms with Crippen LogP contribution in [-0.2, 0) is 0 Å². The molecule has 0 spiro atoms. The third-order valence-electron chi connectivity index (χ3n) is 4.57. The summed E-state index contributed by atoms with van der Waals surface area (Å²) in [6, 6.07) is 23.1. The van der Waals surface area contributed by atoms with Gasteiger partial charge >= 0.3 is 0 Å². The van der Waals surface area contributed by atoms with Crippen molar-refractivity contribution in [3.63, 3.8) is 0 Å². The molecule has 3 aromatic carbocycles. The van der Waals surface area contributed by atoms with Crippen LogP contribution in [0.25, 0.3) is 10.9 Å². The molecule has 2 amide bonds. The SMILES string of the molecule is O=C(Nc1ccc2ccccc2n1)c1cccc(NC(=O)c2ccccc2[N+](=O)[O-])c1. The number of amides is 2. The Kier molecular flexibility index (Phi) is 5.35. The first-order valence-corrected chi connectivity index (χ1v) is 9.33. The Labute approximate surface area is 176 Å². The van der Waals surface area contributed by atoms with E-state index in [1.165, 1.54) is 24.3 Å². The fourth-order valence-corrected chi connectivity index (χ4v) is 3.09. The molecule has 1 aromatic heterocycles. The Morgan fingerprint density at radius 1 is 0.806 bits per heavy atom. The van der Waals surface area contributed by atoms with E-state index >= 15 is 0 Å². The van der Waals surface area contributed by atoms with Gasteiger partial charge in [0, 0.05) is 22.7 Å². The van der Waals surface area contributed by atoms with Crippen molar-refractivity contribution < 1.29 is 14.5 Å². The number of nitrogens with zero attached hydrogens (tertiary/aromatic N) is 2. The number of carbonyl (C=O) groups excluding carboxylic acids is 2. The van der Waals surface area contributed by atoms with E-state index in [2.05, 4.69) is 15.6 Å². The van der Waals surface area contributed by atoms with Gasteiger partial charge in [0.15, 0.2) is 0 Å². The molecule has 8 heteroatoms. The largest absolute Gasteiger partial charge is 0.322 e. The molecule has 31 heavy (non-hydrogen) atoms. The molecule has 2 N–H and O–H groups in total. The van der Waals surface area contributed by atoms with Crippen molar-refractivity contribution in [3.05, 3.63) is 106 Å². The number of nitro benzene ring substituents is 1. The van der Waals surface area contributed by atoms with Crippen LogP contribution in [0.4, 0.5) is 17.2 Å². The lowest BCUT2D eigenvalue weighted by molar-refractivity contribution is -0.385. The van der Waals surface area contributed by atoms with E-state index in [1.807, 2.05) is 30.3 Å². The highest BCUT2D eigenvalue weighted by Crippen LogP contribution is 2.20. The number of hydrogen-bond acceptors (Lipinski definition) is 5. The minimum Gasteiger partial charge on any atom is -0.322 e. The van der Waals surface area contributed by atoms with Gasteiger partial charge in [-0.2, -0.15) is 0 Å². The number of carbonyl (C=O) groups is 2. The summed E-state index contributed by atoms with van der Waals surface area (Å²) in [5.74, 6) is -0.635. The average molecular weight is 412 g/mol. The predicted octanol–water partition coefficient (Wildman–Crippen LogP) is 4.65. The van der Waals surface area contributed by atoms with Crippen molar-refractivity contribution in [3.8, 4) is 0 Å². The van der Waals surface area contributed by atoms with Crippen molar-refractivity contribution in [1.29, 1.82) is 0 Å². The van der Waals surface area contributed by atoms with Gasteiger partial charge in [0.05, 0.1) is 10.4 Å². The first kappa shape index (κ1) is 19.7. The van der Waals surface area contributed by atoms with Crippen LogP contribution in [-0.4, -0.2) is 21.7 Å². The number of nitro groups is 1. The van der Waals surface area contributed by atoms with E-state index in [1.54, 1.807) is 30.3 Å². The standard InChI is InChI=1S/C23H16N4O4/c28-22(26-21-13-12-15-6-1-3-10-19(15)25-21)16-7-5-8-17(14-16)24-23(29)18-9-2-4-11-20(18)27(30)31/h1-14H,(H,24,29)(H,25,26,28). The number of nitrogens with one attached hydrogen (secondary N) is 2. The molecule has 0 bridgehead atoms. The molecule has 0 saturated heterocycles. The highest BCUT2D eigenvalue weighted by atomic mass is 16.6. The van der Waals surface area contributed by atoms with E-state index in [9.17, 15) is 19.7 Å². The number of anilines is 2. The maximum absolute atomic E-state index is 12.6. The summed E-state index contributed by atoms with van der Waals surface area (Å²) in [5, 5.41) is 17.4. The molecule has 0 saturated carbocycles. The summed E-state index contributed by atoms with van der Waals surface area (Å²) in [6.07, 6.45) is 0. The number of benzene rings is 3. The molecule has 4 aromatic rings. The maximum Gasteiger partial charge on any atom is 0.282 e. The van der Waals surface area contributed by atoms with Crippen LogP contribution in [0.3, 0.4) is 0 Å². The molecule has 4 rings (SSSR count). The van der Waals surface area contributed by atoms with E-state index in [4.69, 9.17) is 0 Å². The molecular formula is C23H16N4O4. The Morgan fingerprint density at radius 2 is 1.58 bits per heavy atom. The van der Waals surface area contributed by atoms with Gasteiger partial charge in [0.25, 0.3) is 17.5 Å². The van der Waals surface area contributed by atoms with Gasteiger partial charge in [0.2, 0.25) is 0 Å². The highest BCUT2D eigenvalue weighted by Gasteiger charge is 2.19. The van der Waals surface area contributed by atoms with Crippen molar-refractivity contribution in [2.75, 3.05) is 10.6 Å². The predicted molar refractivity (Wildman–Crippen MR) is 117 cm³/mol. The lowest BCUT2D eigenvalue weighted by atomic mass is 10.1. The summed E-state index contributed by atoms with van der Waals surface area (Å²) in [6.45, 7) is 0. The summed E-state index contributed by atoms with van der Waals surface area (Å²) < 4.78 is 0. The molecule has 0 atom stereocenters. The maximum atomic E-state index is 12.6. The van der Waals surface area contributed by atoms with Crippen molar-refractivity contribution >= 4 is 39.9 Å². The number of hydrogen-bond donors (Lipinski definition) is 2. The fourth-order valence-electron chi connectivity index (χ4n) is 3.09.